The first-order valence-electron chi connectivity index (χ1n) is 8.67. The number of methoxy groups -OCH3 is 2. The zero-order valence-electron chi connectivity index (χ0n) is 17.6. The largest absolute Gasteiger partial charge is 0.493 e. The molecule has 0 heterocycles. The summed E-state index contributed by atoms with van der Waals surface area (Å²) in [4.78, 5) is 38.3. The predicted octanol–water partition coefficient (Wildman–Crippen LogP) is 2.26. The highest BCUT2D eigenvalue weighted by molar-refractivity contribution is 6.05. The number of ether oxygens (including phenoxy) is 3. The molecule has 0 spiro atoms. The van der Waals surface area contributed by atoms with Crippen molar-refractivity contribution in [2.24, 2.45) is 0 Å². The number of hydrogen-bond donors (Lipinski definition) is 2. The molecule has 1 atom stereocenters. The van der Waals surface area contributed by atoms with E-state index in [2.05, 4.69) is 10.6 Å². The first-order valence-corrected chi connectivity index (χ1v) is 8.67. The van der Waals surface area contributed by atoms with Crippen LogP contribution in [0.5, 0.6) is 11.5 Å². The SMILES string of the molecule is COc1cc(NC(=O)[C@@H](C)NC(=O)OC(C)(C)C)c(C(=O)N(C)C)cc1OC. The first kappa shape index (κ1) is 23.1. The van der Waals surface area contributed by atoms with Gasteiger partial charge in [0.15, 0.2) is 11.5 Å². The molecule has 0 saturated carbocycles. The van der Waals surface area contributed by atoms with Gasteiger partial charge in [-0.3, -0.25) is 9.59 Å². The molecule has 0 aliphatic heterocycles. The number of alkyl carbamates (subject to hydrolysis) is 1. The topological polar surface area (TPSA) is 106 Å². The van der Waals surface area contributed by atoms with E-state index in [1.807, 2.05) is 0 Å². The molecule has 0 radical (unpaired) electrons. The van der Waals surface area contributed by atoms with Gasteiger partial charge in [-0.25, -0.2) is 4.79 Å². The lowest BCUT2D eigenvalue weighted by Gasteiger charge is -2.22. The van der Waals surface area contributed by atoms with E-state index in [1.54, 1.807) is 34.9 Å². The van der Waals surface area contributed by atoms with Gasteiger partial charge in [-0.15, -0.1) is 0 Å². The Labute approximate surface area is 165 Å². The Morgan fingerprint density at radius 3 is 2.04 bits per heavy atom. The van der Waals surface area contributed by atoms with Crippen LogP contribution in [0.3, 0.4) is 0 Å². The maximum Gasteiger partial charge on any atom is 0.408 e. The van der Waals surface area contributed by atoms with Gasteiger partial charge >= 0.3 is 6.09 Å². The molecule has 0 fully saturated rings. The van der Waals surface area contributed by atoms with Crippen molar-refractivity contribution in [3.05, 3.63) is 17.7 Å². The van der Waals surface area contributed by atoms with Crippen molar-refractivity contribution < 1.29 is 28.6 Å². The Balaban J connectivity index is 3.09. The molecule has 9 nitrogen and oxygen atoms in total. The second kappa shape index (κ2) is 9.29. The summed E-state index contributed by atoms with van der Waals surface area (Å²) in [7, 11) is 6.09. The van der Waals surface area contributed by atoms with E-state index in [-0.39, 0.29) is 17.2 Å². The van der Waals surface area contributed by atoms with Crippen LogP contribution in [-0.2, 0) is 9.53 Å². The molecule has 3 amide bonds. The molecule has 1 rings (SSSR count). The van der Waals surface area contributed by atoms with E-state index in [1.165, 1.54) is 38.2 Å². The van der Waals surface area contributed by atoms with Gasteiger partial charge in [-0.1, -0.05) is 0 Å². The van der Waals surface area contributed by atoms with E-state index >= 15 is 0 Å². The Kier molecular flexibility index (Phi) is 7.66. The highest BCUT2D eigenvalue weighted by Gasteiger charge is 2.24. The summed E-state index contributed by atoms with van der Waals surface area (Å²) in [6.45, 7) is 6.67. The standard InChI is InChI=1S/C19H29N3O6/c1-11(20-18(25)28-19(2,3)4)16(23)21-13-10-15(27-8)14(26-7)9-12(13)17(24)22(5)6/h9-11H,1-8H3,(H,20,25)(H,21,23)/t11-/m1/s1. The van der Waals surface area contributed by atoms with Crippen LogP contribution < -0.4 is 20.1 Å². The molecular weight excluding hydrogens is 366 g/mol. The van der Waals surface area contributed by atoms with E-state index < -0.39 is 23.6 Å². The Bertz CT molecular complexity index is 740. The number of amides is 3. The van der Waals surface area contributed by atoms with Crippen LogP contribution >= 0.6 is 0 Å². The molecule has 0 aliphatic rings. The average Bonchev–Trinajstić information content (AvgIpc) is 2.58. The fourth-order valence-corrected chi connectivity index (χ4v) is 2.19. The molecule has 1 aromatic rings. The van der Waals surface area contributed by atoms with Crippen LogP contribution in [0.25, 0.3) is 0 Å². The number of hydrogen-bond acceptors (Lipinski definition) is 6. The Morgan fingerprint density at radius 1 is 1.04 bits per heavy atom. The lowest BCUT2D eigenvalue weighted by Crippen LogP contribution is -2.44. The summed E-state index contributed by atoms with van der Waals surface area (Å²) >= 11 is 0. The average molecular weight is 395 g/mol. The number of anilines is 1. The van der Waals surface area contributed by atoms with Gasteiger partial charge in [0.1, 0.15) is 11.6 Å². The zero-order valence-corrected chi connectivity index (χ0v) is 17.6. The molecule has 28 heavy (non-hydrogen) atoms. The Hall–Kier alpha value is -2.97. The summed E-state index contributed by atoms with van der Waals surface area (Å²) in [5, 5.41) is 5.10. The van der Waals surface area contributed by atoms with Crippen LogP contribution in [0.4, 0.5) is 10.5 Å². The first-order chi connectivity index (χ1) is 12.9. The Morgan fingerprint density at radius 2 is 1.57 bits per heavy atom. The van der Waals surface area contributed by atoms with E-state index in [9.17, 15) is 14.4 Å². The molecule has 0 unspecified atom stereocenters. The van der Waals surface area contributed by atoms with Gasteiger partial charge in [-0.2, -0.15) is 0 Å². The molecule has 0 saturated heterocycles. The minimum atomic E-state index is -0.898. The number of benzene rings is 1. The lowest BCUT2D eigenvalue weighted by atomic mass is 10.1. The number of rotatable bonds is 6. The third-order valence-electron chi connectivity index (χ3n) is 3.54. The molecule has 0 aliphatic carbocycles. The number of carbonyl (C=O) groups excluding carboxylic acids is 3. The van der Waals surface area contributed by atoms with Crippen molar-refractivity contribution in [1.29, 1.82) is 0 Å². The summed E-state index contributed by atoms with van der Waals surface area (Å²) < 4.78 is 15.6. The number of nitrogens with one attached hydrogen (secondary N) is 2. The molecular formula is C19H29N3O6. The lowest BCUT2D eigenvalue weighted by molar-refractivity contribution is -0.117. The summed E-state index contributed by atoms with van der Waals surface area (Å²) in [6.07, 6.45) is -0.716. The number of nitrogens with zero attached hydrogens (tertiary/aromatic N) is 1. The maximum absolute atomic E-state index is 12.5. The third-order valence-corrected chi connectivity index (χ3v) is 3.54. The fraction of sp³-hybridized carbons (Fsp3) is 0.526. The summed E-state index contributed by atoms with van der Waals surface area (Å²) in [5.41, 5.74) is -0.228. The van der Waals surface area contributed by atoms with Gasteiger partial charge in [-0.05, 0) is 33.8 Å². The molecule has 9 heteroatoms. The maximum atomic E-state index is 12.5. The fourth-order valence-electron chi connectivity index (χ4n) is 2.19. The zero-order chi connectivity index (χ0) is 21.6. The molecule has 1 aromatic carbocycles. The van der Waals surface area contributed by atoms with Crippen LogP contribution in [-0.4, -0.2) is 62.8 Å². The second-order valence-electron chi connectivity index (χ2n) is 7.31. The normalized spacial score (nSPS) is 11.9. The third kappa shape index (κ3) is 6.33. The minimum absolute atomic E-state index is 0.223. The highest BCUT2D eigenvalue weighted by atomic mass is 16.6. The highest BCUT2D eigenvalue weighted by Crippen LogP contribution is 2.34. The smallest absolute Gasteiger partial charge is 0.408 e. The van der Waals surface area contributed by atoms with Crippen molar-refractivity contribution in [3.8, 4) is 11.5 Å². The van der Waals surface area contributed by atoms with Gasteiger partial charge in [0.2, 0.25) is 5.91 Å². The monoisotopic (exact) mass is 395 g/mol. The van der Waals surface area contributed by atoms with E-state index in [4.69, 9.17) is 14.2 Å². The van der Waals surface area contributed by atoms with Gasteiger partial charge in [0.25, 0.3) is 5.91 Å². The molecule has 2 N–H and O–H groups in total. The van der Waals surface area contributed by atoms with Gasteiger partial charge in [0, 0.05) is 20.2 Å². The number of carbonyl (C=O) groups is 3. The summed E-state index contributed by atoms with van der Waals surface area (Å²) in [6, 6.07) is 2.08. The van der Waals surface area contributed by atoms with E-state index in [0.717, 1.165) is 0 Å². The second-order valence-corrected chi connectivity index (χ2v) is 7.31. The van der Waals surface area contributed by atoms with Gasteiger partial charge in [0.05, 0.1) is 25.5 Å². The predicted molar refractivity (Wildman–Crippen MR) is 105 cm³/mol. The van der Waals surface area contributed by atoms with Gasteiger partial charge < -0.3 is 29.7 Å². The van der Waals surface area contributed by atoms with Crippen LogP contribution in [0.1, 0.15) is 38.1 Å². The van der Waals surface area contributed by atoms with Crippen LogP contribution in [0, 0.1) is 0 Å². The quantitative estimate of drug-likeness (QED) is 0.765. The van der Waals surface area contributed by atoms with Crippen molar-refractivity contribution in [3.63, 3.8) is 0 Å². The molecule has 0 aromatic heterocycles. The van der Waals surface area contributed by atoms with Crippen LogP contribution in [0.2, 0.25) is 0 Å². The summed E-state index contributed by atoms with van der Waals surface area (Å²) in [5.74, 6) is -0.151. The molecule has 156 valence electrons. The molecule has 0 bridgehead atoms. The van der Waals surface area contributed by atoms with Crippen molar-refractivity contribution in [2.75, 3.05) is 33.6 Å². The van der Waals surface area contributed by atoms with Crippen molar-refractivity contribution in [1.82, 2.24) is 10.2 Å². The van der Waals surface area contributed by atoms with E-state index in [0.29, 0.717) is 11.5 Å². The van der Waals surface area contributed by atoms with Crippen LogP contribution in [0.15, 0.2) is 12.1 Å². The van der Waals surface area contributed by atoms with Crippen molar-refractivity contribution in [2.45, 2.75) is 39.3 Å². The van der Waals surface area contributed by atoms with Crippen molar-refractivity contribution >= 4 is 23.6 Å². The minimum Gasteiger partial charge on any atom is -0.493 e.